The van der Waals surface area contributed by atoms with Gasteiger partial charge in [-0.25, -0.2) is 0 Å². The molecule has 0 saturated heterocycles. The van der Waals surface area contributed by atoms with E-state index in [2.05, 4.69) is 35.8 Å². The van der Waals surface area contributed by atoms with E-state index in [9.17, 15) is 4.79 Å². The van der Waals surface area contributed by atoms with E-state index in [0.29, 0.717) is 0 Å². The molecule has 2 aromatic carbocycles. The Hall–Kier alpha value is -2.13. The molecule has 1 unspecified atom stereocenters. The van der Waals surface area contributed by atoms with Crippen molar-refractivity contribution in [3.05, 3.63) is 59.5 Å². The maximum atomic E-state index is 12.5. The van der Waals surface area contributed by atoms with Crippen LogP contribution in [-0.2, 0) is 0 Å². The van der Waals surface area contributed by atoms with Crippen molar-refractivity contribution in [2.75, 3.05) is 0 Å². The Kier molecular flexibility index (Phi) is 4.25. The number of rotatable bonds is 4. The first kappa shape index (κ1) is 14.8. The summed E-state index contributed by atoms with van der Waals surface area (Å²) in [5.74, 6) is -0.000342. The highest BCUT2D eigenvalue weighted by atomic mass is 32.1. The maximum absolute atomic E-state index is 12.5. The summed E-state index contributed by atoms with van der Waals surface area (Å²) in [5.41, 5.74) is 3.00. The van der Waals surface area contributed by atoms with Gasteiger partial charge in [-0.2, -0.15) is 0 Å². The Morgan fingerprint density at radius 3 is 2.68 bits per heavy atom. The molecule has 3 heteroatoms. The molecule has 0 aliphatic heterocycles. The van der Waals surface area contributed by atoms with Crippen molar-refractivity contribution in [2.24, 2.45) is 0 Å². The molecule has 22 heavy (non-hydrogen) atoms. The lowest BCUT2D eigenvalue weighted by molar-refractivity contribution is 0.0939. The quantitative estimate of drug-likeness (QED) is 0.714. The zero-order valence-electron chi connectivity index (χ0n) is 12.8. The largest absolute Gasteiger partial charge is 0.350 e. The van der Waals surface area contributed by atoms with Gasteiger partial charge >= 0.3 is 0 Å². The molecule has 2 nitrogen and oxygen atoms in total. The van der Waals surface area contributed by atoms with E-state index < -0.39 is 0 Å². The molecule has 1 amide bonds. The normalized spacial score (nSPS) is 12.3. The van der Waals surface area contributed by atoms with Crippen molar-refractivity contribution in [3.8, 4) is 11.1 Å². The molecule has 3 rings (SSSR count). The van der Waals surface area contributed by atoms with Crippen LogP contribution in [-0.4, -0.2) is 11.9 Å². The van der Waals surface area contributed by atoms with Crippen LogP contribution >= 0.6 is 11.3 Å². The van der Waals surface area contributed by atoms with Gasteiger partial charge in [-0.1, -0.05) is 37.3 Å². The van der Waals surface area contributed by atoms with E-state index in [0.717, 1.165) is 28.5 Å². The van der Waals surface area contributed by atoms with E-state index in [4.69, 9.17) is 0 Å². The predicted molar refractivity (Wildman–Crippen MR) is 94.5 cm³/mol. The summed E-state index contributed by atoms with van der Waals surface area (Å²) < 4.78 is 1.23. The highest BCUT2D eigenvalue weighted by molar-refractivity contribution is 7.17. The topological polar surface area (TPSA) is 29.1 Å². The first-order valence-corrected chi connectivity index (χ1v) is 8.44. The molecule has 1 atom stereocenters. The number of fused-ring (bicyclic) bond motifs is 1. The fourth-order valence-corrected chi connectivity index (χ4v) is 3.37. The van der Waals surface area contributed by atoms with Gasteiger partial charge in [0.1, 0.15) is 0 Å². The standard InChI is InChI=1S/C19H19NOS/c1-3-13(2)20-19(21)16-11-15-9-10-22-18(15)17(12-16)14-7-5-4-6-8-14/h4-13H,3H2,1-2H3,(H,20,21). The number of carbonyl (C=O) groups is 1. The molecule has 1 N–H and O–H groups in total. The summed E-state index contributed by atoms with van der Waals surface area (Å²) in [6.45, 7) is 4.10. The molecule has 0 saturated carbocycles. The minimum Gasteiger partial charge on any atom is -0.350 e. The summed E-state index contributed by atoms with van der Waals surface area (Å²) in [5, 5.41) is 6.25. The zero-order valence-corrected chi connectivity index (χ0v) is 13.6. The van der Waals surface area contributed by atoms with Crippen molar-refractivity contribution in [2.45, 2.75) is 26.3 Å². The van der Waals surface area contributed by atoms with Crippen molar-refractivity contribution < 1.29 is 4.79 Å². The average Bonchev–Trinajstić information content (AvgIpc) is 3.03. The van der Waals surface area contributed by atoms with Crippen LogP contribution in [0.2, 0.25) is 0 Å². The minimum absolute atomic E-state index is 0.000342. The van der Waals surface area contributed by atoms with Crippen molar-refractivity contribution in [1.82, 2.24) is 5.32 Å². The van der Waals surface area contributed by atoms with Gasteiger partial charge < -0.3 is 5.32 Å². The number of thiophene rings is 1. The summed E-state index contributed by atoms with van der Waals surface area (Å²) in [6.07, 6.45) is 0.929. The van der Waals surface area contributed by atoms with Gasteiger partial charge in [-0.15, -0.1) is 11.3 Å². The summed E-state index contributed by atoms with van der Waals surface area (Å²) in [4.78, 5) is 12.5. The monoisotopic (exact) mass is 309 g/mol. The lowest BCUT2D eigenvalue weighted by Gasteiger charge is -2.13. The van der Waals surface area contributed by atoms with Gasteiger partial charge in [0.2, 0.25) is 0 Å². The van der Waals surface area contributed by atoms with Crippen LogP contribution in [0.1, 0.15) is 30.6 Å². The molecule has 0 aliphatic rings. The van der Waals surface area contributed by atoms with E-state index in [-0.39, 0.29) is 11.9 Å². The van der Waals surface area contributed by atoms with E-state index in [1.165, 1.54) is 4.70 Å². The van der Waals surface area contributed by atoms with Gasteiger partial charge in [-0.3, -0.25) is 4.79 Å². The molecular formula is C19H19NOS. The molecule has 0 bridgehead atoms. The molecule has 3 aromatic rings. The predicted octanol–water partition coefficient (Wildman–Crippen LogP) is 5.10. The fourth-order valence-electron chi connectivity index (χ4n) is 2.45. The number of benzene rings is 2. The van der Waals surface area contributed by atoms with Crippen LogP contribution in [0.3, 0.4) is 0 Å². The second-order valence-corrected chi connectivity index (χ2v) is 6.43. The van der Waals surface area contributed by atoms with Crippen molar-refractivity contribution in [3.63, 3.8) is 0 Å². The SMILES string of the molecule is CCC(C)NC(=O)c1cc(-c2ccccc2)c2sccc2c1. The Morgan fingerprint density at radius 1 is 1.18 bits per heavy atom. The van der Waals surface area contributed by atoms with Crippen LogP contribution < -0.4 is 5.32 Å². The van der Waals surface area contributed by atoms with Gasteiger partial charge in [-0.05, 0) is 47.9 Å². The van der Waals surface area contributed by atoms with Crippen LogP contribution in [0, 0.1) is 0 Å². The Morgan fingerprint density at radius 2 is 1.95 bits per heavy atom. The van der Waals surface area contributed by atoms with E-state index in [1.54, 1.807) is 11.3 Å². The van der Waals surface area contributed by atoms with Gasteiger partial charge in [0, 0.05) is 21.9 Å². The van der Waals surface area contributed by atoms with Crippen molar-refractivity contribution in [1.29, 1.82) is 0 Å². The van der Waals surface area contributed by atoms with E-state index >= 15 is 0 Å². The third kappa shape index (κ3) is 2.90. The fraction of sp³-hybridized carbons (Fsp3) is 0.211. The van der Waals surface area contributed by atoms with Gasteiger partial charge in [0.25, 0.3) is 5.91 Å². The molecule has 1 heterocycles. The minimum atomic E-state index is -0.000342. The van der Waals surface area contributed by atoms with Crippen LogP contribution in [0.5, 0.6) is 0 Å². The molecule has 1 aromatic heterocycles. The molecule has 0 aliphatic carbocycles. The van der Waals surface area contributed by atoms with E-state index in [1.807, 2.05) is 37.3 Å². The first-order valence-electron chi connectivity index (χ1n) is 7.56. The number of nitrogens with one attached hydrogen (secondary N) is 1. The molecular weight excluding hydrogens is 290 g/mol. The third-order valence-electron chi connectivity index (χ3n) is 3.89. The first-order chi connectivity index (χ1) is 10.7. The van der Waals surface area contributed by atoms with Crippen LogP contribution in [0.25, 0.3) is 21.2 Å². The second kappa shape index (κ2) is 6.32. The molecule has 112 valence electrons. The summed E-state index contributed by atoms with van der Waals surface area (Å²) >= 11 is 1.72. The van der Waals surface area contributed by atoms with Crippen LogP contribution in [0.15, 0.2) is 53.9 Å². The highest BCUT2D eigenvalue weighted by Crippen LogP contribution is 2.33. The molecule has 0 radical (unpaired) electrons. The lowest BCUT2D eigenvalue weighted by atomic mass is 10.0. The average molecular weight is 309 g/mol. The Balaban J connectivity index is 2.08. The Bertz CT molecular complexity index is 792. The smallest absolute Gasteiger partial charge is 0.251 e. The number of carbonyl (C=O) groups excluding carboxylic acids is 1. The lowest BCUT2D eigenvalue weighted by Crippen LogP contribution is -2.31. The molecule has 0 spiro atoms. The molecule has 0 fully saturated rings. The number of amides is 1. The zero-order chi connectivity index (χ0) is 15.5. The number of hydrogen-bond donors (Lipinski definition) is 1. The van der Waals surface area contributed by atoms with Crippen molar-refractivity contribution >= 4 is 27.3 Å². The third-order valence-corrected chi connectivity index (χ3v) is 4.85. The van der Waals surface area contributed by atoms with Gasteiger partial charge in [0.15, 0.2) is 0 Å². The summed E-state index contributed by atoms with van der Waals surface area (Å²) in [6, 6.07) is 16.5. The van der Waals surface area contributed by atoms with Crippen LogP contribution in [0.4, 0.5) is 0 Å². The maximum Gasteiger partial charge on any atom is 0.251 e. The second-order valence-electron chi connectivity index (χ2n) is 5.51. The van der Waals surface area contributed by atoms with Gasteiger partial charge in [0.05, 0.1) is 0 Å². The summed E-state index contributed by atoms with van der Waals surface area (Å²) in [7, 11) is 0. The Labute approximate surface area is 134 Å². The number of hydrogen-bond acceptors (Lipinski definition) is 2. The highest BCUT2D eigenvalue weighted by Gasteiger charge is 2.13.